The molecule has 0 bridgehead atoms. The van der Waals surface area contributed by atoms with E-state index in [9.17, 15) is 14.7 Å². The molecular weight excluding hydrogens is 250 g/mol. The minimum absolute atomic E-state index is 0.272. The zero-order valence-corrected chi connectivity index (χ0v) is 10.7. The predicted molar refractivity (Wildman–Crippen MR) is 66.6 cm³/mol. The highest BCUT2D eigenvalue weighted by molar-refractivity contribution is 5.92. The summed E-state index contributed by atoms with van der Waals surface area (Å²) in [7, 11) is 1.64. The number of carboxylic acids is 1. The second kappa shape index (κ2) is 5.25. The fraction of sp³-hybridized carbons (Fsp3) is 0.636. The van der Waals surface area contributed by atoms with Crippen LogP contribution < -0.4 is 10.6 Å². The Kier molecular flexibility index (Phi) is 3.68. The maximum absolute atomic E-state index is 11.9. The number of carbonyl (C=O) groups excluding carboxylic acids is 1. The van der Waals surface area contributed by atoms with Crippen molar-refractivity contribution in [3.63, 3.8) is 0 Å². The number of carbonyl (C=O) groups is 2. The lowest BCUT2D eigenvalue weighted by Crippen LogP contribution is -2.56. The molecule has 0 atom stereocenters. The number of nitrogens with one attached hydrogen (secondary N) is 2. The van der Waals surface area contributed by atoms with Gasteiger partial charge in [-0.3, -0.25) is 5.32 Å². The normalized spacial score (nSPS) is 17.7. The summed E-state index contributed by atoms with van der Waals surface area (Å²) in [5.41, 5.74) is -1.17. The van der Waals surface area contributed by atoms with Gasteiger partial charge in [0, 0.05) is 7.05 Å². The van der Waals surface area contributed by atoms with E-state index >= 15 is 0 Å². The lowest BCUT2D eigenvalue weighted by atomic mass is 9.82. The summed E-state index contributed by atoms with van der Waals surface area (Å²) in [5.74, 6) is -0.714. The Labute approximate surface area is 110 Å². The minimum Gasteiger partial charge on any atom is -0.480 e. The Morgan fingerprint density at radius 3 is 2.58 bits per heavy atom. The standard InChI is InChI=1S/C11H17N5O3/c1-16-9(12-7-13-16)14-10(19)15-11(8(17)18)5-3-2-4-6-11/h7H,2-6H2,1H3,(H,17,18)(H2,12,13,14,15,19). The number of aliphatic carboxylic acids is 1. The van der Waals surface area contributed by atoms with Crippen LogP contribution in [-0.4, -0.2) is 37.4 Å². The molecule has 0 spiro atoms. The highest BCUT2D eigenvalue weighted by Crippen LogP contribution is 2.28. The summed E-state index contributed by atoms with van der Waals surface area (Å²) in [6.07, 6.45) is 4.82. The van der Waals surface area contributed by atoms with Gasteiger partial charge in [0.1, 0.15) is 11.9 Å². The first-order valence-electron chi connectivity index (χ1n) is 6.20. The van der Waals surface area contributed by atoms with E-state index in [4.69, 9.17) is 0 Å². The SMILES string of the molecule is Cn1ncnc1NC(=O)NC1(C(=O)O)CCCCC1. The first-order valence-corrected chi connectivity index (χ1v) is 6.20. The molecular formula is C11H17N5O3. The molecule has 0 saturated heterocycles. The fourth-order valence-corrected chi connectivity index (χ4v) is 2.31. The number of hydrogen-bond donors (Lipinski definition) is 3. The highest BCUT2D eigenvalue weighted by Gasteiger charge is 2.41. The molecule has 1 heterocycles. The van der Waals surface area contributed by atoms with E-state index in [1.54, 1.807) is 7.05 Å². The molecule has 2 rings (SSSR count). The summed E-state index contributed by atoms with van der Waals surface area (Å²) in [6, 6.07) is -0.569. The van der Waals surface area contributed by atoms with Gasteiger partial charge in [-0.1, -0.05) is 19.3 Å². The summed E-state index contributed by atoms with van der Waals surface area (Å²) < 4.78 is 1.40. The molecule has 0 aromatic carbocycles. The molecule has 104 valence electrons. The quantitative estimate of drug-likeness (QED) is 0.747. The average Bonchev–Trinajstić information content (AvgIpc) is 2.76. The van der Waals surface area contributed by atoms with Crippen molar-refractivity contribution in [1.29, 1.82) is 0 Å². The van der Waals surface area contributed by atoms with E-state index in [1.807, 2.05) is 0 Å². The molecule has 8 heteroatoms. The van der Waals surface area contributed by atoms with Crippen molar-refractivity contribution in [3.8, 4) is 0 Å². The number of amides is 2. The Morgan fingerprint density at radius 2 is 2.05 bits per heavy atom. The molecule has 0 radical (unpaired) electrons. The molecule has 0 unspecified atom stereocenters. The van der Waals surface area contributed by atoms with E-state index in [1.165, 1.54) is 11.0 Å². The van der Waals surface area contributed by atoms with Gasteiger partial charge in [-0.2, -0.15) is 10.1 Å². The van der Waals surface area contributed by atoms with Crippen molar-refractivity contribution in [2.45, 2.75) is 37.6 Å². The number of nitrogens with zero attached hydrogens (tertiary/aromatic N) is 3. The Hall–Kier alpha value is -2.12. The molecule has 1 fully saturated rings. The number of aryl methyl sites for hydroxylation is 1. The molecule has 1 aliphatic rings. The monoisotopic (exact) mass is 267 g/mol. The van der Waals surface area contributed by atoms with Crippen LogP contribution in [0.1, 0.15) is 32.1 Å². The van der Waals surface area contributed by atoms with Crippen LogP contribution in [0.3, 0.4) is 0 Å². The van der Waals surface area contributed by atoms with Crippen LogP contribution in [0.15, 0.2) is 6.33 Å². The number of hydrogen-bond acceptors (Lipinski definition) is 4. The van der Waals surface area contributed by atoms with Gasteiger partial charge in [0.25, 0.3) is 0 Å². The van der Waals surface area contributed by atoms with Gasteiger partial charge in [-0.05, 0) is 12.8 Å². The summed E-state index contributed by atoms with van der Waals surface area (Å²) in [4.78, 5) is 27.1. The third kappa shape index (κ3) is 2.83. The highest BCUT2D eigenvalue weighted by atomic mass is 16.4. The Bertz CT molecular complexity index is 478. The number of rotatable bonds is 3. The van der Waals surface area contributed by atoms with Crippen LogP contribution in [0.2, 0.25) is 0 Å². The first-order chi connectivity index (χ1) is 9.03. The van der Waals surface area contributed by atoms with Gasteiger partial charge < -0.3 is 10.4 Å². The van der Waals surface area contributed by atoms with Gasteiger partial charge in [-0.25, -0.2) is 14.3 Å². The maximum Gasteiger partial charge on any atom is 0.329 e. The van der Waals surface area contributed by atoms with Crippen molar-refractivity contribution in [2.24, 2.45) is 7.05 Å². The van der Waals surface area contributed by atoms with Crippen LogP contribution in [0.4, 0.5) is 10.7 Å². The number of carboxylic acid groups (broad SMARTS) is 1. The topological polar surface area (TPSA) is 109 Å². The van der Waals surface area contributed by atoms with Crippen LogP contribution >= 0.6 is 0 Å². The number of anilines is 1. The van der Waals surface area contributed by atoms with Crippen molar-refractivity contribution in [3.05, 3.63) is 6.33 Å². The first kappa shape index (κ1) is 13.3. The van der Waals surface area contributed by atoms with Crippen molar-refractivity contribution >= 4 is 17.9 Å². The third-order valence-corrected chi connectivity index (χ3v) is 3.41. The summed E-state index contributed by atoms with van der Waals surface area (Å²) in [5, 5.41) is 18.2. The Morgan fingerprint density at radius 1 is 1.37 bits per heavy atom. The smallest absolute Gasteiger partial charge is 0.329 e. The second-order valence-corrected chi connectivity index (χ2v) is 4.73. The van der Waals surface area contributed by atoms with E-state index in [0.29, 0.717) is 12.8 Å². The average molecular weight is 267 g/mol. The predicted octanol–water partition coefficient (Wildman–Crippen LogP) is 0.724. The van der Waals surface area contributed by atoms with E-state index in [2.05, 4.69) is 20.7 Å². The van der Waals surface area contributed by atoms with Gasteiger partial charge in [0.05, 0.1) is 0 Å². The van der Waals surface area contributed by atoms with E-state index < -0.39 is 17.5 Å². The van der Waals surface area contributed by atoms with Gasteiger partial charge in [0.2, 0.25) is 5.95 Å². The van der Waals surface area contributed by atoms with Gasteiger partial charge in [0.15, 0.2) is 0 Å². The summed E-state index contributed by atoms with van der Waals surface area (Å²) >= 11 is 0. The van der Waals surface area contributed by atoms with Crippen molar-refractivity contribution in [1.82, 2.24) is 20.1 Å². The zero-order valence-electron chi connectivity index (χ0n) is 10.7. The van der Waals surface area contributed by atoms with E-state index in [0.717, 1.165) is 19.3 Å². The van der Waals surface area contributed by atoms with Crippen LogP contribution in [0.5, 0.6) is 0 Å². The van der Waals surface area contributed by atoms with Crippen LogP contribution in [-0.2, 0) is 11.8 Å². The minimum atomic E-state index is -1.17. The lowest BCUT2D eigenvalue weighted by Gasteiger charge is -2.33. The molecule has 1 aliphatic carbocycles. The van der Waals surface area contributed by atoms with Crippen LogP contribution in [0.25, 0.3) is 0 Å². The molecule has 2 amide bonds. The van der Waals surface area contributed by atoms with Crippen LogP contribution in [0, 0.1) is 0 Å². The van der Waals surface area contributed by atoms with Crippen molar-refractivity contribution < 1.29 is 14.7 Å². The maximum atomic E-state index is 11.9. The van der Waals surface area contributed by atoms with Crippen molar-refractivity contribution in [2.75, 3.05) is 5.32 Å². The molecule has 19 heavy (non-hydrogen) atoms. The fourth-order valence-electron chi connectivity index (χ4n) is 2.31. The lowest BCUT2D eigenvalue weighted by molar-refractivity contribution is -0.145. The number of urea groups is 1. The zero-order chi connectivity index (χ0) is 13.9. The molecule has 1 aromatic rings. The third-order valence-electron chi connectivity index (χ3n) is 3.41. The van der Waals surface area contributed by atoms with Gasteiger partial charge in [-0.15, -0.1) is 0 Å². The second-order valence-electron chi connectivity index (χ2n) is 4.73. The Balaban J connectivity index is 2.03. The number of aromatic nitrogens is 3. The van der Waals surface area contributed by atoms with E-state index in [-0.39, 0.29) is 5.95 Å². The summed E-state index contributed by atoms with van der Waals surface area (Å²) in [6.45, 7) is 0. The van der Waals surface area contributed by atoms with Gasteiger partial charge >= 0.3 is 12.0 Å². The molecule has 3 N–H and O–H groups in total. The largest absolute Gasteiger partial charge is 0.480 e. The molecule has 1 saturated carbocycles. The molecule has 0 aliphatic heterocycles. The molecule has 1 aromatic heterocycles. The molecule has 8 nitrogen and oxygen atoms in total.